The summed E-state index contributed by atoms with van der Waals surface area (Å²) in [5.41, 5.74) is 4.35. The van der Waals surface area contributed by atoms with Gasteiger partial charge in [-0.2, -0.15) is 10.1 Å². The molecule has 0 aromatic heterocycles. The molecule has 208 valence electrons. The molecule has 0 aliphatic rings. The number of nitrogens with zero attached hydrogens (tertiary/aromatic N) is 2. The molecule has 2 unspecified atom stereocenters. The number of hydrogen-bond acceptors (Lipinski definition) is 7. The van der Waals surface area contributed by atoms with Crippen LogP contribution < -0.4 is 0 Å². The molecule has 8 heteroatoms. The van der Waals surface area contributed by atoms with E-state index in [0.29, 0.717) is 26.2 Å². The molecule has 0 saturated carbocycles. The van der Waals surface area contributed by atoms with Gasteiger partial charge in [0, 0.05) is 30.7 Å². The molecule has 0 aliphatic heterocycles. The van der Waals surface area contributed by atoms with E-state index in [2.05, 4.69) is 0 Å². The van der Waals surface area contributed by atoms with E-state index in [1.165, 1.54) is 0 Å². The van der Waals surface area contributed by atoms with Gasteiger partial charge in [0.05, 0.1) is 0 Å². The van der Waals surface area contributed by atoms with E-state index in [1.807, 2.05) is 121 Å². The summed E-state index contributed by atoms with van der Waals surface area (Å²) in [6, 6.07) is 40.1. The Morgan fingerprint density at radius 3 is 1.00 bits per heavy atom. The Balaban J connectivity index is 1.31. The summed E-state index contributed by atoms with van der Waals surface area (Å²) >= 11 is 0. The maximum atomic E-state index is 12.8. The predicted octanol–water partition coefficient (Wildman–Crippen LogP) is 7.64. The molecule has 0 saturated heterocycles. The van der Waals surface area contributed by atoms with E-state index < -0.39 is 20.8 Å². The van der Waals surface area contributed by atoms with Gasteiger partial charge >= 0.3 is 8.25 Å². The first kappa shape index (κ1) is 29.7. The Labute approximate surface area is 237 Å². The second-order valence-corrected chi connectivity index (χ2v) is 10.2. The molecule has 0 fully saturated rings. The standard InChI is InChI=1S/C32H36N2O5P/c1-27(36-33(23-29-15-7-3-8-16-29)24-30-17-9-4-10-18-30)38-40(35)39-28(2)37-34(25-31-19-11-5-12-20-31)26-32-21-13-6-14-22-32/h3-22,27-28H,23-26H2,1-2H3/q+1. The van der Waals surface area contributed by atoms with Crippen LogP contribution in [0, 0.1) is 0 Å². The molecule has 4 aromatic rings. The van der Waals surface area contributed by atoms with Crippen LogP contribution in [0.15, 0.2) is 121 Å². The number of benzene rings is 4. The molecule has 4 aromatic carbocycles. The lowest BCUT2D eigenvalue weighted by molar-refractivity contribution is -0.271. The summed E-state index contributed by atoms with van der Waals surface area (Å²) in [5.74, 6) is 0. The maximum Gasteiger partial charge on any atom is 0.702 e. The molecule has 4 rings (SSSR count). The second kappa shape index (κ2) is 16.1. The molecular weight excluding hydrogens is 523 g/mol. The molecule has 7 nitrogen and oxygen atoms in total. The van der Waals surface area contributed by atoms with Gasteiger partial charge in [-0.3, -0.25) is 9.68 Å². The van der Waals surface area contributed by atoms with Crippen LogP contribution in [0.5, 0.6) is 0 Å². The predicted molar refractivity (Wildman–Crippen MR) is 155 cm³/mol. The monoisotopic (exact) mass is 559 g/mol. The van der Waals surface area contributed by atoms with Crippen LogP contribution in [-0.2, 0) is 49.5 Å². The summed E-state index contributed by atoms with van der Waals surface area (Å²) in [7, 11) is -2.51. The van der Waals surface area contributed by atoms with E-state index in [9.17, 15) is 4.57 Å². The Kier molecular flexibility index (Phi) is 12.0. The van der Waals surface area contributed by atoms with Gasteiger partial charge in [-0.1, -0.05) is 130 Å². The zero-order valence-electron chi connectivity index (χ0n) is 22.9. The third kappa shape index (κ3) is 10.7. The first-order chi connectivity index (χ1) is 19.5. The van der Waals surface area contributed by atoms with Crippen molar-refractivity contribution in [3.63, 3.8) is 0 Å². The minimum Gasteiger partial charge on any atom is -0.262 e. The summed E-state index contributed by atoms with van der Waals surface area (Å²) in [6.07, 6.45) is -1.62. The van der Waals surface area contributed by atoms with Crippen molar-refractivity contribution in [2.45, 2.75) is 52.6 Å². The molecule has 0 amide bonds. The quantitative estimate of drug-likeness (QED) is 0.0794. The molecule has 0 bridgehead atoms. The van der Waals surface area contributed by atoms with Crippen molar-refractivity contribution in [3.05, 3.63) is 144 Å². The lowest BCUT2D eigenvalue weighted by Crippen LogP contribution is -2.29. The van der Waals surface area contributed by atoms with Gasteiger partial charge in [-0.15, -0.1) is 0 Å². The van der Waals surface area contributed by atoms with Gasteiger partial charge < -0.3 is 0 Å². The highest BCUT2D eigenvalue weighted by molar-refractivity contribution is 7.33. The minimum absolute atomic E-state index is 0.536. The molecule has 2 atom stereocenters. The second-order valence-electron chi connectivity index (χ2n) is 9.32. The molecule has 0 radical (unpaired) electrons. The molecule has 0 heterocycles. The van der Waals surface area contributed by atoms with E-state index in [4.69, 9.17) is 18.7 Å². The molecular formula is C32H36N2O5P+. The van der Waals surface area contributed by atoms with Crippen LogP contribution in [0.1, 0.15) is 36.1 Å². The van der Waals surface area contributed by atoms with Gasteiger partial charge in [0.15, 0.2) is 0 Å². The lowest BCUT2D eigenvalue weighted by Gasteiger charge is -2.24. The van der Waals surface area contributed by atoms with Crippen molar-refractivity contribution in [2.75, 3.05) is 0 Å². The normalized spacial score (nSPS) is 13.3. The van der Waals surface area contributed by atoms with Crippen molar-refractivity contribution >= 4 is 8.25 Å². The molecule has 0 N–H and O–H groups in total. The summed E-state index contributed by atoms with van der Waals surface area (Å²) < 4.78 is 23.9. The van der Waals surface area contributed by atoms with Gasteiger partial charge in [0.1, 0.15) is 0 Å². The van der Waals surface area contributed by atoms with Gasteiger partial charge in [-0.25, -0.2) is 0 Å². The molecule has 0 spiro atoms. The largest absolute Gasteiger partial charge is 0.702 e. The molecule has 0 aliphatic carbocycles. The fraction of sp³-hybridized carbons (Fsp3) is 0.250. The van der Waals surface area contributed by atoms with Crippen molar-refractivity contribution in [3.8, 4) is 0 Å². The van der Waals surface area contributed by atoms with Gasteiger partial charge in [0.25, 0.3) is 0 Å². The average molecular weight is 560 g/mol. The van der Waals surface area contributed by atoms with Crippen LogP contribution in [0.25, 0.3) is 0 Å². The smallest absolute Gasteiger partial charge is 0.262 e. The highest BCUT2D eigenvalue weighted by atomic mass is 31.1. The van der Waals surface area contributed by atoms with Gasteiger partial charge in [0.2, 0.25) is 12.6 Å². The fourth-order valence-corrected chi connectivity index (χ4v) is 4.75. The Hall–Kier alpha value is -3.26. The highest BCUT2D eigenvalue weighted by Gasteiger charge is 2.31. The fourth-order valence-electron chi connectivity index (χ4n) is 4.13. The first-order valence-electron chi connectivity index (χ1n) is 13.3. The lowest BCUT2D eigenvalue weighted by atomic mass is 10.2. The number of hydrogen-bond donors (Lipinski definition) is 0. The zero-order valence-corrected chi connectivity index (χ0v) is 23.8. The van der Waals surface area contributed by atoms with Crippen molar-refractivity contribution < 1.29 is 23.3 Å². The van der Waals surface area contributed by atoms with Gasteiger partial charge in [-0.05, 0) is 36.1 Å². The van der Waals surface area contributed by atoms with E-state index in [0.717, 1.165) is 22.3 Å². The van der Waals surface area contributed by atoms with Crippen LogP contribution in [0.4, 0.5) is 0 Å². The summed E-state index contributed by atoms with van der Waals surface area (Å²) in [5, 5.41) is 3.58. The summed E-state index contributed by atoms with van der Waals surface area (Å²) in [6.45, 7) is 5.54. The SMILES string of the molecule is CC(ON(Cc1ccccc1)Cc1ccccc1)O[P+](=O)OC(C)ON(Cc1ccccc1)Cc1ccccc1. The minimum atomic E-state index is -2.51. The maximum absolute atomic E-state index is 12.8. The average Bonchev–Trinajstić information content (AvgIpc) is 2.95. The highest BCUT2D eigenvalue weighted by Crippen LogP contribution is 2.30. The van der Waals surface area contributed by atoms with Crippen LogP contribution in [-0.4, -0.2) is 22.7 Å². The zero-order chi connectivity index (χ0) is 28.0. The molecule has 40 heavy (non-hydrogen) atoms. The Morgan fingerprint density at radius 2 is 0.750 bits per heavy atom. The van der Waals surface area contributed by atoms with Crippen molar-refractivity contribution in [1.29, 1.82) is 0 Å². The van der Waals surface area contributed by atoms with E-state index >= 15 is 0 Å². The van der Waals surface area contributed by atoms with Crippen LogP contribution in [0.2, 0.25) is 0 Å². The van der Waals surface area contributed by atoms with Crippen molar-refractivity contribution in [2.24, 2.45) is 0 Å². The first-order valence-corrected chi connectivity index (χ1v) is 14.4. The topological polar surface area (TPSA) is 60.5 Å². The van der Waals surface area contributed by atoms with Crippen molar-refractivity contribution in [1.82, 2.24) is 10.1 Å². The Morgan fingerprint density at radius 1 is 0.500 bits per heavy atom. The van der Waals surface area contributed by atoms with Crippen LogP contribution >= 0.6 is 8.25 Å². The third-order valence-electron chi connectivity index (χ3n) is 5.87. The number of hydroxylamine groups is 4. The number of rotatable bonds is 16. The Bertz CT molecular complexity index is 1080. The third-order valence-corrected chi connectivity index (χ3v) is 6.81. The summed E-state index contributed by atoms with van der Waals surface area (Å²) in [4.78, 5) is 12.1. The van der Waals surface area contributed by atoms with E-state index in [-0.39, 0.29) is 0 Å². The van der Waals surface area contributed by atoms with Crippen LogP contribution in [0.3, 0.4) is 0 Å². The van der Waals surface area contributed by atoms with E-state index in [1.54, 1.807) is 24.0 Å².